The number of hydrogen-bond acceptors (Lipinski definition) is 4. The molecule has 0 unspecified atom stereocenters. The van der Waals surface area contributed by atoms with Gasteiger partial charge in [-0.05, 0) is 18.6 Å². The molecule has 2 aliphatic rings. The van der Waals surface area contributed by atoms with Crippen LogP contribution >= 0.6 is 0 Å². The minimum absolute atomic E-state index is 0.0867. The van der Waals surface area contributed by atoms with Crippen molar-refractivity contribution in [3.8, 4) is 11.5 Å². The molecular weight excluding hydrogens is 260 g/mol. The van der Waals surface area contributed by atoms with Crippen LogP contribution in [0.4, 0.5) is 0 Å². The number of rotatable bonds is 1. The number of hydrogen-bond donors (Lipinski definition) is 1. The fourth-order valence-electron chi connectivity index (χ4n) is 2.39. The molecule has 0 radical (unpaired) electrons. The van der Waals surface area contributed by atoms with Gasteiger partial charge in [0.15, 0.2) is 11.5 Å². The molecule has 2 aliphatic heterocycles. The first kappa shape index (κ1) is 12.8. The van der Waals surface area contributed by atoms with Gasteiger partial charge in [0.25, 0.3) is 5.91 Å². The van der Waals surface area contributed by atoms with E-state index in [9.17, 15) is 9.59 Å². The van der Waals surface area contributed by atoms with Crippen molar-refractivity contribution in [2.75, 3.05) is 32.8 Å². The van der Waals surface area contributed by atoms with Gasteiger partial charge < -0.3 is 19.7 Å². The summed E-state index contributed by atoms with van der Waals surface area (Å²) < 4.78 is 11.0. The van der Waals surface area contributed by atoms with Crippen molar-refractivity contribution in [3.05, 3.63) is 23.8 Å². The van der Waals surface area contributed by atoms with E-state index in [1.54, 1.807) is 23.1 Å². The molecule has 0 aromatic heterocycles. The number of amides is 2. The van der Waals surface area contributed by atoms with Gasteiger partial charge in [0.2, 0.25) is 5.91 Å². The summed E-state index contributed by atoms with van der Waals surface area (Å²) in [5.74, 6) is 0.747. The Morgan fingerprint density at radius 1 is 1.25 bits per heavy atom. The van der Waals surface area contributed by atoms with E-state index < -0.39 is 0 Å². The predicted molar refractivity (Wildman–Crippen MR) is 71.0 cm³/mol. The van der Waals surface area contributed by atoms with Crippen molar-refractivity contribution in [3.63, 3.8) is 0 Å². The van der Waals surface area contributed by atoms with Crippen LogP contribution in [0.5, 0.6) is 11.5 Å². The van der Waals surface area contributed by atoms with Gasteiger partial charge >= 0.3 is 0 Å². The number of nitrogens with zero attached hydrogens (tertiary/aromatic N) is 1. The average molecular weight is 276 g/mol. The molecule has 6 nitrogen and oxygen atoms in total. The minimum Gasteiger partial charge on any atom is -0.486 e. The quantitative estimate of drug-likeness (QED) is 0.807. The predicted octanol–water partition coefficient (Wildman–Crippen LogP) is 0.420. The maximum Gasteiger partial charge on any atom is 0.258 e. The summed E-state index contributed by atoms with van der Waals surface area (Å²) in [6.07, 6.45) is 0.754. The molecule has 6 heteroatoms. The highest BCUT2D eigenvalue weighted by Crippen LogP contribution is 2.34. The molecule has 2 heterocycles. The third-order valence-electron chi connectivity index (χ3n) is 3.35. The van der Waals surface area contributed by atoms with E-state index in [4.69, 9.17) is 9.47 Å². The zero-order chi connectivity index (χ0) is 13.9. The highest BCUT2D eigenvalue weighted by atomic mass is 16.6. The lowest BCUT2D eigenvalue weighted by atomic mass is 10.1. The normalized spacial score (nSPS) is 18.2. The average Bonchev–Trinajstić information content (AvgIpc) is 2.70. The molecule has 1 aromatic carbocycles. The van der Waals surface area contributed by atoms with Crippen LogP contribution in [0, 0.1) is 0 Å². The Hall–Kier alpha value is -2.24. The molecule has 1 aromatic rings. The monoisotopic (exact) mass is 276 g/mol. The Kier molecular flexibility index (Phi) is 3.45. The van der Waals surface area contributed by atoms with Crippen LogP contribution in [0.2, 0.25) is 0 Å². The van der Waals surface area contributed by atoms with E-state index in [-0.39, 0.29) is 18.4 Å². The van der Waals surface area contributed by atoms with Gasteiger partial charge in [-0.3, -0.25) is 9.59 Å². The topological polar surface area (TPSA) is 67.9 Å². The van der Waals surface area contributed by atoms with Crippen molar-refractivity contribution in [2.45, 2.75) is 6.42 Å². The van der Waals surface area contributed by atoms with Crippen molar-refractivity contribution >= 4 is 11.8 Å². The number of carbonyl (C=O) groups is 2. The molecule has 0 aliphatic carbocycles. The van der Waals surface area contributed by atoms with Crippen LogP contribution in [0.3, 0.4) is 0 Å². The molecule has 106 valence electrons. The third-order valence-corrected chi connectivity index (χ3v) is 3.35. The highest BCUT2D eigenvalue weighted by molar-refractivity contribution is 5.99. The second-order valence-electron chi connectivity index (χ2n) is 4.76. The van der Waals surface area contributed by atoms with Crippen LogP contribution in [-0.2, 0) is 4.79 Å². The van der Waals surface area contributed by atoms with Gasteiger partial charge in [0.05, 0.1) is 12.1 Å². The Bertz CT molecular complexity index is 544. The van der Waals surface area contributed by atoms with Crippen LogP contribution < -0.4 is 14.8 Å². The molecule has 0 bridgehead atoms. The van der Waals surface area contributed by atoms with Gasteiger partial charge in [0, 0.05) is 13.1 Å². The number of ether oxygens (including phenoxy) is 2. The standard InChI is InChI=1S/C14H16N2O4/c17-12-9-16(6-2-5-15-12)14(18)10-3-1-4-11-13(10)20-8-7-19-11/h1,3-4H,2,5-9H2,(H,15,17). The van der Waals surface area contributed by atoms with E-state index in [0.29, 0.717) is 43.4 Å². The van der Waals surface area contributed by atoms with Gasteiger partial charge in [-0.25, -0.2) is 0 Å². The number of carbonyl (C=O) groups excluding carboxylic acids is 2. The lowest BCUT2D eigenvalue weighted by Gasteiger charge is -2.24. The smallest absolute Gasteiger partial charge is 0.258 e. The molecule has 3 rings (SSSR count). The summed E-state index contributed by atoms with van der Waals surface area (Å²) in [6.45, 7) is 2.16. The molecule has 0 saturated carbocycles. The molecule has 2 amide bonds. The summed E-state index contributed by atoms with van der Waals surface area (Å²) in [5, 5.41) is 2.75. The number of para-hydroxylation sites is 1. The van der Waals surface area contributed by atoms with Crippen molar-refractivity contribution in [2.24, 2.45) is 0 Å². The zero-order valence-corrected chi connectivity index (χ0v) is 11.1. The van der Waals surface area contributed by atoms with E-state index in [1.807, 2.05) is 0 Å². The molecular formula is C14H16N2O4. The van der Waals surface area contributed by atoms with E-state index in [1.165, 1.54) is 0 Å². The highest BCUT2D eigenvalue weighted by Gasteiger charge is 2.26. The van der Waals surface area contributed by atoms with Gasteiger partial charge in [0.1, 0.15) is 13.2 Å². The Labute approximate surface area is 116 Å². The van der Waals surface area contributed by atoms with Crippen LogP contribution in [0.15, 0.2) is 18.2 Å². The van der Waals surface area contributed by atoms with Gasteiger partial charge in [-0.1, -0.05) is 6.07 Å². The molecule has 0 spiro atoms. The Morgan fingerprint density at radius 3 is 3.00 bits per heavy atom. The van der Waals surface area contributed by atoms with Crippen molar-refractivity contribution in [1.82, 2.24) is 10.2 Å². The van der Waals surface area contributed by atoms with E-state index in [2.05, 4.69) is 5.32 Å². The summed E-state index contributed by atoms with van der Waals surface area (Å²) in [7, 11) is 0. The van der Waals surface area contributed by atoms with Crippen molar-refractivity contribution in [1.29, 1.82) is 0 Å². The van der Waals surface area contributed by atoms with E-state index in [0.717, 1.165) is 6.42 Å². The molecule has 1 N–H and O–H groups in total. The minimum atomic E-state index is -0.190. The molecule has 20 heavy (non-hydrogen) atoms. The first-order valence-corrected chi connectivity index (χ1v) is 6.70. The first-order valence-electron chi connectivity index (χ1n) is 6.70. The number of fused-ring (bicyclic) bond motifs is 1. The first-order chi connectivity index (χ1) is 9.75. The fourth-order valence-corrected chi connectivity index (χ4v) is 2.39. The van der Waals surface area contributed by atoms with Crippen LogP contribution in [-0.4, -0.2) is 49.6 Å². The van der Waals surface area contributed by atoms with Gasteiger partial charge in [-0.15, -0.1) is 0 Å². The second-order valence-corrected chi connectivity index (χ2v) is 4.76. The lowest BCUT2D eigenvalue weighted by molar-refractivity contribution is -0.121. The Morgan fingerprint density at radius 2 is 2.10 bits per heavy atom. The van der Waals surface area contributed by atoms with Gasteiger partial charge in [-0.2, -0.15) is 0 Å². The summed E-state index contributed by atoms with van der Waals surface area (Å²) in [6, 6.07) is 5.25. The lowest BCUT2D eigenvalue weighted by Crippen LogP contribution is -2.37. The van der Waals surface area contributed by atoms with E-state index >= 15 is 0 Å². The summed E-state index contributed by atoms with van der Waals surface area (Å²) in [5.41, 5.74) is 0.455. The fraction of sp³-hybridized carbons (Fsp3) is 0.429. The maximum atomic E-state index is 12.6. The SMILES string of the molecule is O=C1CN(C(=O)c2cccc3c2OCCO3)CCCN1. The summed E-state index contributed by atoms with van der Waals surface area (Å²) >= 11 is 0. The number of nitrogens with one attached hydrogen (secondary N) is 1. The molecule has 0 atom stereocenters. The maximum absolute atomic E-state index is 12.6. The van der Waals surface area contributed by atoms with Crippen LogP contribution in [0.25, 0.3) is 0 Å². The zero-order valence-electron chi connectivity index (χ0n) is 11.1. The largest absolute Gasteiger partial charge is 0.486 e. The Balaban J connectivity index is 1.88. The molecule has 1 saturated heterocycles. The third kappa shape index (κ3) is 2.41. The van der Waals surface area contributed by atoms with Crippen molar-refractivity contribution < 1.29 is 19.1 Å². The van der Waals surface area contributed by atoms with Crippen LogP contribution in [0.1, 0.15) is 16.8 Å². The molecule has 1 fully saturated rings. The summed E-state index contributed by atoms with van der Waals surface area (Å²) in [4.78, 5) is 25.7. The second kappa shape index (κ2) is 5.40. The number of benzene rings is 1.